The van der Waals surface area contributed by atoms with Crippen LogP contribution < -0.4 is 10.6 Å². The summed E-state index contributed by atoms with van der Waals surface area (Å²) in [6.07, 6.45) is 1.64. The number of hydrogen-bond donors (Lipinski definition) is 0. The van der Waals surface area contributed by atoms with Gasteiger partial charge in [-0.15, -0.1) is 34.9 Å². The minimum Gasteiger partial charge on any atom is -0.285 e. The van der Waals surface area contributed by atoms with Crippen LogP contribution in [0.5, 0.6) is 0 Å². The molecule has 0 fully saturated rings. The summed E-state index contributed by atoms with van der Waals surface area (Å²) in [5.41, 5.74) is 6.54. The molecule has 0 aliphatic heterocycles. The van der Waals surface area contributed by atoms with Crippen molar-refractivity contribution in [3.63, 3.8) is 0 Å². The van der Waals surface area contributed by atoms with Crippen LogP contribution in [0.15, 0.2) is 60.9 Å². The fourth-order valence-corrected chi connectivity index (χ4v) is 7.43. The minimum atomic E-state index is -0.261. The maximum Gasteiger partial charge on any atom is 1.00 e. The molecule has 32 heavy (non-hydrogen) atoms. The molecule has 4 aromatic rings. The van der Waals surface area contributed by atoms with E-state index in [0.29, 0.717) is 0 Å². The Balaban J connectivity index is 0.000000244. The largest absolute Gasteiger partial charge is 1.00 e. The van der Waals surface area contributed by atoms with Crippen molar-refractivity contribution in [1.82, 2.24) is 9.97 Å². The molecule has 3 aromatic carbocycles. The summed E-state index contributed by atoms with van der Waals surface area (Å²) in [5, 5.41) is 4.37. The first-order chi connectivity index (χ1) is 14.8. The average Bonchev–Trinajstić information content (AvgIpc) is 2.73. The van der Waals surface area contributed by atoms with Gasteiger partial charge in [-0.3, -0.25) is 4.98 Å². The van der Waals surface area contributed by atoms with Crippen molar-refractivity contribution in [2.45, 2.75) is 20.8 Å². The number of benzene rings is 3. The zero-order chi connectivity index (χ0) is 22.5. The molecule has 167 valence electrons. The summed E-state index contributed by atoms with van der Waals surface area (Å²) in [6.45, 7) is 15.7. The summed E-state index contributed by atoms with van der Waals surface area (Å²) in [7, 11) is -0.522. The molecule has 2 nitrogen and oxygen atoms in total. The normalized spacial score (nSPS) is 10.7. The topological polar surface area (TPSA) is 25.8 Å². The Morgan fingerprint density at radius 2 is 1.38 bits per heavy atom. The van der Waals surface area contributed by atoms with Crippen LogP contribution in [0.25, 0.3) is 22.2 Å². The van der Waals surface area contributed by atoms with Crippen molar-refractivity contribution in [1.29, 1.82) is 0 Å². The fraction of sp³-hybridized carbons (Fsp3) is 0.259. The first-order valence-corrected chi connectivity index (χ1v) is 15.7. The summed E-state index contributed by atoms with van der Waals surface area (Å²) < 4.78 is 0. The van der Waals surface area contributed by atoms with Gasteiger partial charge in [-0.2, -0.15) is 0 Å². The Morgan fingerprint density at radius 3 is 1.94 bits per heavy atom. The van der Waals surface area contributed by atoms with Crippen molar-refractivity contribution >= 4 is 37.4 Å². The van der Waals surface area contributed by atoms with Gasteiger partial charge < -0.3 is 0 Å². The van der Waals surface area contributed by atoms with Gasteiger partial charge in [-0.25, -0.2) is 4.98 Å². The fourth-order valence-electron chi connectivity index (χ4n) is 3.83. The van der Waals surface area contributed by atoms with Gasteiger partial charge in [0.1, 0.15) is 16.9 Å². The third-order valence-electron chi connectivity index (χ3n) is 5.27. The van der Waals surface area contributed by atoms with Crippen LogP contribution in [0, 0.1) is 26.8 Å². The number of para-hydroxylation sites is 1. The van der Waals surface area contributed by atoms with Crippen LogP contribution in [-0.2, 0) is 19.8 Å². The van der Waals surface area contributed by atoms with E-state index in [1.165, 1.54) is 11.1 Å². The molecule has 0 atom stereocenters. The van der Waals surface area contributed by atoms with E-state index in [9.17, 15) is 0 Å². The van der Waals surface area contributed by atoms with E-state index in [4.69, 9.17) is 0 Å². The van der Waals surface area contributed by atoms with Gasteiger partial charge in [0.25, 0.3) is 0 Å². The van der Waals surface area contributed by atoms with Crippen LogP contribution in [0.2, 0.25) is 0 Å². The molecule has 0 bridgehead atoms. The van der Waals surface area contributed by atoms with Gasteiger partial charge in [0, 0.05) is 15.8 Å². The molecule has 1 aromatic heterocycles. The second-order valence-corrected chi connectivity index (χ2v) is 13.6. The van der Waals surface area contributed by atoms with Crippen molar-refractivity contribution in [3.8, 4) is 11.3 Å². The number of fused-ring (bicyclic) bond motifs is 1. The van der Waals surface area contributed by atoms with Crippen LogP contribution in [0.1, 0.15) is 16.7 Å². The van der Waals surface area contributed by atoms with Crippen molar-refractivity contribution < 1.29 is 19.8 Å². The second kappa shape index (κ2) is 12.1. The SMILES string of the molecule is C[PH+](C)c1ccccc1[PH+](C)C.Cc1[c-]c(-c2ncnc3c(C)cccc23)cc(C)c1.[Os+]. The third kappa shape index (κ3) is 6.52. The average molecular weight is 638 g/mol. The molecule has 4 rings (SSSR count). The van der Waals surface area contributed by atoms with Gasteiger partial charge in [0.15, 0.2) is 0 Å². The predicted molar refractivity (Wildman–Crippen MR) is 144 cm³/mol. The maximum absolute atomic E-state index is 4.46. The molecule has 1 heterocycles. The standard InChI is InChI=1S/C17H15N2.C10H16P2.Os/c1-11-7-12(2)9-14(8-11)17-15-6-4-5-13(3)16(15)18-10-19-17;1-11(2)9-7-5-6-8-10(9)12(3)4;/h4-8,10H,1-3H3;5-8H,1-4H3;/q-1;;+1/p+2. The molecule has 0 N–H and O–H groups in total. The molecule has 0 aliphatic rings. The van der Waals surface area contributed by atoms with Gasteiger partial charge >= 0.3 is 19.8 Å². The van der Waals surface area contributed by atoms with Gasteiger partial charge in [0.2, 0.25) is 0 Å². The van der Waals surface area contributed by atoms with Crippen LogP contribution in [0.3, 0.4) is 0 Å². The van der Waals surface area contributed by atoms with Gasteiger partial charge in [-0.1, -0.05) is 44.2 Å². The molecule has 0 unspecified atom stereocenters. The van der Waals surface area contributed by atoms with Crippen molar-refractivity contribution in [2.75, 3.05) is 26.7 Å². The van der Waals surface area contributed by atoms with Gasteiger partial charge in [-0.05, 0) is 35.7 Å². The molecule has 1 radical (unpaired) electrons. The quantitative estimate of drug-likeness (QED) is 0.207. The van der Waals surface area contributed by atoms with E-state index in [-0.39, 0.29) is 35.6 Å². The predicted octanol–water partition coefficient (Wildman–Crippen LogP) is 5.90. The summed E-state index contributed by atoms with van der Waals surface area (Å²) >= 11 is 0. The molecule has 0 amide bonds. The van der Waals surface area contributed by atoms with Crippen molar-refractivity contribution in [2.24, 2.45) is 0 Å². The zero-order valence-corrected chi connectivity index (χ0v) is 24.6. The van der Waals surface area contributed by atoms with Crippen LogP contribution in [0.4, 0.5) is 0 Å². The zero-order valence-electron chi connectivity index (χ0n) is 20.0. The molecular weight excluding hydrogens is 604 g/mol. The number of nitrogens with zero attached hydrogens (tertiary/aromatic N) is 2. The summed E-state index contributed by atoms with van der Waals surface area (Å²) in [4.78, 5) is 8.84. The Morgan fingerprint density at radius 1 is 0.750 bits per heavy atom. The van der Waals surface area contributed by atoms with Crippen LogP contribution in [-0.4, -0.2) is 36.6 Å². The van der Waals surface area contributed by atoms with E-state index in [2.05, 4.69) is 112 Å². The summed E-state index contributed by atoms with van der Waals surface area (Å²) in [5.74, 6) is 0. The van der Waals surface area contributed by atoms with Crippen molar-refractivity contribution in [3.05, 3.63) is 83.7 Å². The van der Waals surface area contributed by atoms with Crippen LogP contribution >= 0.6 is 15.8 Å². The third-order valence-corrected chi connectivity index (χ3v) is 8.55. The number of hydrogen-bond acceptors (Lipinski definition) is 2. The number of rotatable bonds is 3. The Hall–Kier alpha value is -1.50. The Kier molecular flexibility index (Phi) is 10.1. The Bertz CT molecular complexity index is 1140. The number of aryl methyl sites for hydroxylation is 3. The first kappa shape index (κ1) is 26.7. The van der Waals surface area contributed by atoms with E-state index < -0.39 is 0 Å². The summed E-state index contributed by atoms with van der Waals surface area (Å²) in [6, 6.07) is 22.8. The molecule has 0 spiro atoms. The second-order valence-electron chi connectivity index (χ2n) is 8.49. The smallest absolute Gasteiger partial charge is 0.285 e. The first-order valence-electron chi connectivity index (χ1n) is 10.7. The van der Waals surface area contributed by atoms with E-state index in [1.54, 1.807) is 16.9 Å². The van der Waals surface area contributed by atoms with E-state index >= 15 is 0 Å². The molecule has 0 aliphatic carbocycles. The van der Waals surface area contributed by atoms with E-state index in [0.717, 1.165) is 27.7 Å². The molecule has 0 saturated carbocycles. The Labute approximate surface area is 208 Å². The molecule has 5 heteroatoms. The molecule has 0 saturated heterocycles. The monoisotopic (exact) mass is 639 g/mol. The minimum absolute atomic E-state index is 0. The number of aromatic nitrogens is 2. The van der Waals surface area contributed by atoms with Gasteiger partial charge in [0.05, 0.1) is 32.2 Å². The maximum atomic E-state index is 4.46. The molecular formula is C27H33N2OsP2+2. The van der Waals surface area contributed by atoms with E-state index in [1.807, 2.05) is 6.07 Å².